The monoisotopic (exact) mass is 776 g/mol. The van der Waals surface area contributed by atoms with E-state index in [0.29, 0.717) is 35.7 Å². The average molecular weight is 776 g/mol. The van der Waals surface area contributed by atoms with Gasteiger partial charge in [0.05, 0.1) is 32.0 Å². The van der Waals surface area contributed by atoms with Crippen LogP contribution in [0.25, 0.3) is 11.8 Å². The summed E-state index contributed by atoms with van der Waals surface area (Å²) in [7, 11) is 0. The second kappa shape index (κ2) is 12.0. The molecule has 1 aliphatic heterocycles. The Kier molecular flexibility index (Phi) is 8.62. The largest absolute Gasteiger partial charge is 0.506 e. The predicted molar refractivity (Wildman–Crippen MR) is 175 cm³/mol. The number of carbonyl (C=O) groups is 1. The van der Waals surface area contributed by atoms with E-state index >= 15 is 0 Å². The molecule has 1 aliphatic rings. The van der Waals surface area contributed by atoms with Crippen LogP contribution in [0.4, 0.5) is 0 Å². The number of thiazole rings is 1. The number of fused-ring (bicyclic) bond motifs is 1. The fourth-order valence-electron chi connectivity index (χ4n) is 4.66. The molecule has 0 radical (unpaired) electrons. The molecule has 0 saturated heterocycles. The van der Waals surface area contributed by atoms with Gasteiger partial charge in [0.1, 0.15) is 5.75 Å². The van der Waals surface area contributed by atoms with Crippen molar-refractivity contribution in [1.29, 1.82) is 0 Å². The van der Waals surface area contributed by atoms with Gasteiger partial charge in [-0.3, -0.25) is 9.36 Å². The summed E-state index contributed by atoms with van der Waals surface area (Å²) in [6.07, 6.45) is 1.69. The van der Waals surface area contributed by atoms with E-state index in [1.54, 1.807) is 17.6 Å². The van der Waals surface area contributed by atoms with Crippen molar-refractivity contribution in [1.82, 2.24) is 4.57 Å². The molecule has 0 bridgehead atoms. The Bertz CT molecular complexity index is 1810. The van der Waals surface area contributed by atoms with Gasteiger partial charge < -0.3 is 9.84 Å². The molecule has 1 atom stereocenters. The molecule has 0 aliphatic carbocycles. The number of ether oxygens (including phenoxy) is 1. The molecule has 1 aromatic heterocycles. The zero-order valence-electron chi connectivity index (χ0n) is 22.0. The summed E-state index contributed by atoms with van der Waals surface area (Å²) in [6.45, 7) is 6.20. The number of carbonyl (C=O) groups excluding carboxylic acids is 1. The third-order valence-corrected chi connectivity index (χ3v) is 9.06. The van der Waals surface area contributed by atoms with Crippen LogP contribution in [-0.2, 0) is 9.53 Å². The maximum atomic E-state index is 14.0. The highest BCUT2D eigenvalue weighted by molar-refractivity contribution is 14.1. The van der Waals surface area contributed by atoms with Crippen molar-refractivity contribution in [3.8, 4) is 5.75 Å². The minimum absolute atomic E-state index is 0.116. The Morgan fingerprint density at radius 1 is 1.12 bits per heavy atom. The van der Waals surface area contributed by atoms with Crippen molar-refractivity contribution in [2.24, 2.45) is 4.99 Å². The molecule has 2 heterocycles. The molecule has 204 valence electrons. The number of aromatic nitrogens is 1. The van der Waals surface area contributed by atoms with Gasteiger partial charge in [-0.1, -0.05) is 79.8 Å². The van der Waals surface area contributed by atoms with Crippen LogP contribution in [0.1, 0.15) is 55.0 Å². The van der Waals surface area contributed by atoms with Crippen LogP contribution >= 0.6 is 56.5 Å². The van der Waals surface area contributed by atoms with E-state index in [-0.39, 0.29) is 17.9 Å². The first-order valence-electron chi connectivity index (χ1n) is 12.8. The molecule has 3 aromatic carbocycles. The summed E-state index contributed by atoms with van der Waals surface area (Å²) in [5.41, 5.74) is 3.76. The molecule has 0 unspecified atom stereocenters. The van der Waals surface area contributed by atoms with Crippen molar-refractivity contribution in [3.05, 3.63) is 121 Å². The van der Waals surface area contributed by atoms with Crippen LogP contribution < -0.4 is 14.9 Å². The lowest BCUT2D eigenvalue weighted by atomic mass is 9.91. The van der Waals surface area contributed by atoms with Crippen LogP contribution in [0.2, 0.25) is 0 Å². The maximum Gasteiger partial charge on any atom is 0.338 e. The standard InChI is InChI=1S/C31H26I2N2O4S/c1-4-39-30(38)25-26(19-8-6-5-7-9-19)34-31-35(27(25)20-12-10-18(11-13-20)17(2)3)29(37)24(40-31)15-21-14-22(32)16-23(33)28(21)36/h5-17,27,36H,4H2,1-3H3/b24-15-/t27-/m0/s1. The fraction of sp³-hybridized carbons (Fsp3) is 0.194. The van der Waals surface area contributed by atoms with Gasteiger partial charge in [0.25, 0.3) is 5.56 Å². The van der Waals surface area contributed by atoms with E-state index in [0.717, 1.165) is 20.3 Å². The molecule has 9 heteroatoms. The van der Waals surface area contributed by atoms with Crippen LogP contribution in [0.3, 0.4) is 0 Å². The summed E-state index contributed by atoms with van der Waals surface area (Å²) in [6, 6.07) is 20.5. The van der Waals surface area contributed by atoms with E-state index < -0.39 is 12.0 Å². The first-order valence-corrected chi connectivity index (χ1v) is 15.7. The van der Waals surface area contributed by atoms with Crippen molar-refractivity contribution < 1.29 is 14.6 Å². The lowest BCUT2D eigenvalue weighted by molar-refractivity contribution is -0.138. The molecule has 6 nitrogen and oxygen atoms in total. The molecule has 0 amide bonds. The predicted octanol–water partition coefficient (Wildman–Crippen LogP) is 5.97. The minimum Gasteiger partial charge on any atom is -0.506 e. The Balaban J connectivity index is 1.83. The third-order valence-electron chi connectivity index (χ3n) is 6.64. The van der Waals surface area contributed by atoms with Gasteiger partial charge in [-0.15, -0.1) is 0 Å². The van der Waals surface area contributed by atoms with Crippen LogP contribution in [0, 0.1) is 7.14 Å². The first kappa shape index (κ1) is 28.7. The highest BCUT2D eigenvalue weighted by Gasteiger charge is 2.35. The minimum atomic E-state index is -0.737. The molecule has 1 N–H and O–H groups in total. The third kappa shape index (κ3) is 5.55. The number of halogens is 2. The summed E-state index contributed by atoms with van der Waals surface area (Å²) in [4.78, 5) is 33.0. The van der Waals surface area contributed by atoms with Gasteiger partial charge in [0.15, 0.2) is 4.80 Å². The molecular weight excluding hydrogens is 750 g/mol. The van der Waals surface area contributed by atoms with Crippen LogP contribution in [-0.4, -0.2) is 22.2 Å². The average Bonchev–Trinajstić information content (AvgIpc) is 3.25. The Labute approximate surface area is 263 Å². The molecular formula is C31H26I2N2O4S. The number of hydrogen-bond acceptors (Lipinski definition) is 6. The van der Waals surface area contributed by atoms with Crippen molar-refractivity contribution in [2.75, 3.05) is 6.61 Å². The summed E-state index contributed by atoms with van der Waals surface area (Å²) >= 11 is 5.50. The highest BCUT2D eigenvalue weighted by atomic mass is 127. The number of rotatable bonds is 6. The van der Waals surface area contributed by atoms with E-state index in [9.17, 15) is 14.7 Å². The number of phenolic OH excluding ortho intramolecular Hbond substituents is 1. The highest BCUT2D eigenvalue weighted by Crippen LogP contribution is 2.36. The zero-order chi connectivity index (χ0) is 28.6. The first-order chi connectivity index (χ1) is 19.2. The summed E-state index contributed by atoms with van der Waals surface area (Å²) in [5.74, 6) is -0.0628. The lowest BCUT2D eigenvalue weighted by Crippen LogP contribution is -2.40. The lowest BCUT2D eigenvalue weighted by Gasteiger charge is -2.26. The number of phenols is 1. The number of nitrogens with zero attached hydrogens (tertiary/aromatic N) is 2. The molecule has 40 heavy (non-hydrogen) atoms. The molecule has 0 spiro atoms. The number of hydrogen-bond donors (Lipinski definition) is 1. The molecule has 4 aromatic rings. The van der Waals surface area contributed by atoms with Crippen LogP contribution in [0.15, 0.2) is 82.1 Å². The molecule has 0 saturated carbocycles. The summed E-state index contributed by atoms with van der Waals surface area (Å²) < 4.78 is 9.16. The molecule has 5 rings (SSSR count). The van der Waals surface area contributed by atoms with Gasteiger partial charge >= 0.3 is 5.97 Å². The Morgan fingerprint density at radius 3 is 2.48 bits per heavy atom. The van der Waals surface area contributed by atoms with E-state index in [2.05, 4.69) is 59.0 Å². The van der Waals surface area contributed by atoms with Gasteiger partial charge in [-0.05, 0) is 87.4 Å². The second-order valence-electron chi connectivity index (χ2n) is 9.58. The smallest absolute Gasteiger partial charge is 0.338 e. The Hall–Kier alpha value is -2.77. The van der Waals surface area contributed by atoms with Gasteiger partial charge in [0.2, 0.25) is 0 Å². The summed E-state index contributed by atoms with van der Waals surface area (Å²) in [5, 5.41) is 10.7. The van der Waals surface area contributed by atoms with Gasteiger partial charge in [-0.25, -0.2) is 9.79 Å². The van der Waals surface area contributed by atoms with Crippen molar-refractivity contribution in [2.45, 2.75) is 32.7 Å². The zero-order valence-corrected chi connectivity index (χ0v) is 27.2. The van der Waals surface area contributed by atoms with Gasteiger partial charge in [-0.2, -0.15) is 0 Å². The maximum absolute atomic E-state index is 14.0. The quantitative estimate of drug-likeness (QED) is 0.194. The van der Waals surface area contributed by atoms with Gasteiger partial charge in [0, 0.05) is 14.7 Å². The number of benzene rings is 3. The van der Waals surface area contributed by atoms with E-state index in [4.69, 9.17) is 9.73 Å². The normalized spacial score (nSPS) is 15.2. The number of aromatic hydroxyl groups is 1. The van der Waals surface area contributed by atoms with Crippen molar-refractivity contribution >= 4 is 74.3 Å². The van der Waals surface area contributed by atoms with E-state index in [1.807, 2.05) is 66.7 Å². The van der Waals surface area contributed by atoms with Crippen LogP contribution in [0.5, 0.6) is 5.75 Å². The second-order valence-corrected chi connectivity index (χ2v) is 13.0. The number of esters is 1. The Morgan fingerprint density at radius 2 is 1.82 bits per heavy atom. The fourth-order valence-corrected chi connectivity index (χ4v) is 7.54. The molecule has 0 fully saturated rings. The SMILES string of the molecule is CCOC(=O)C1=C(c2ccccc2)N=c2s/c(=C\c3cc(I)cc(I)c3O)c(=O)n2[C@H]1c1ccc(C(C)C)cc1. The topological polar surface area (TPSA) is 80.9 Å². The van der Waals surface area contributed by atoms with E-state index in [1.165, 1.54) is 11.3 Å². The van der Waals surface area contributed by atoms with Crippen molar-refractivity contribution in [3.63, 3.8) is 0 Å².